The van der Waals surface area contributed by atoms with Crippen LogP contribution < -0.4 is 5.73 Å². The Morgan fingerprint density at radius 3 is 2.85 bits per heavy atom. The van der Waals surface area contributed by atoms with Crippen LogP contribution in [0.25, 0.3) is 0 Å². The molecule has 0 amide bonds. The minimum absolute atomic E-state index is 0.570. The van der Waals surface area contributed by atoms with Crippen LogP contribution in [0.3, 0.4) is 0 Å². The van der Waals surface area contributed by atoms with Crippen molar-refractivity contribution in [1.29, 1.82) is 0 Å². The Kier molecular flexibility index (Phi) is 4.24. The molecular formula is C8H15N3OS. The van der Waals surface area contributed by atoms with Gasteiger partial charge in [0.15, 0.2) is 0 Å². The van der Waals surface area contributed by atoms with Crippen LogP contribution in [0.2, 0.25) is 0 Å². The van der Waals surface area contributed by atoms with Crippen LogP contribution in [0, 0.1) is 6.92 Å². The van der Waals surface area contributed by atoms with Gasteiger partial charge >= 0.3 is 0 Å². The summed E-state index contributed by atoms with van der Waals surface area (Å²) in [5.74, 6) is 0.858. The van der Waals surface area contributed by atoms with E-state index in [1.54, 1.807) is 0 Å². The molecule has 1 rings (SSSR count). The summed E-state index contributed by atoms with van der Waals surface area (Å²) < 4.78 is 4.60. The number of nitrogens with zero attached hydrogens (tertiary/aromatic N) is 2. The Labute approximate surface area is 82.2 Å². The molecular weight excluding hydrogens is 186 g/mol. The van der Waals surface area contributed by atoms with Gasteiger partial charge in [-0.2, -0.15) is 11.8 Å². The monoisotopic (exact) mass is 201 g/mol. The Hall–Kier alpha value is -0.550. The van der Waals surface area contributed by atoms with Gasteiger partial charge in [-0.1, -0.05) is 17.2 Å². The normalized spacial score (nSPS) is 13.2. The third-order valence-corrected chi connectivity index (χ3v) is 3.07. The Morgan fingerprint density at radius 2 is 2.31 bits per heavy atom. The molecule has 0 spiro atoms. The van der Waals surface area contributed by atoms with Gasteiger partial charge in [0.1, 0.15) is 11.4 Å². The molecule has 5 heteroatoms. The van der Waals surface area contributed by atoms with Crippen LogP contribution in [0.15, 0.2) is 4.63 Å². The zero-order valence-electron chi connectivity index (χ0n) is 7.99. The first-order valence-electron chi connectivity index (χ1n) is 4.33. The van der Waals surface area contributed by atoms with Crippen LogP contribution in [0.5, 0.6) is 0 Å². The summed E-state index contributed by atoms with van der Waals surface area (Å²) in [7, 11) is 0. The first kappa shape index (κ1) is 10.5. The van der Waals surface area contributed by atoms with E-state index in [2.05, 4.69) is 21.9 Å². The summed E-state index contributed by atoms with van der Waals surface area (Å²) >= 11 is 1.83. The number of nitrogens with two attached hydrogens (primary N) is 1. The van der Waals surface area contributed by atoms with Crippen molar-refractivity contribution in [1.82, 2.24) is 10.3 Å². The fourth-order valence-corrected chi connectivity index (χ4v) is 1.93. The van der Waals surface area contributed by atoms with Crippen molar-refractivity contribution in [2.45, 2.75) is 31.3 Å². The second-order valence-electron chi connectivity index (χ2n) is 3.00. The fourth-order valence-electron chi connectivity index (χ4n) is 0.920. The topological polar surface area (TPSA) is 64.9 Å². The van der Waals surface area contributed by atoms with Crippen LogP contribution in [-0.4, -0.2) is 22.1 Å². The van der Waals surface area contributed by atoms with Gasteiger partial charge in [0.05, 0.1) is 0 Å². The van der Waals surface area contributed by atoms with Gasteiger partial charge in [0, 0.05) is 11.0 Å². The van der Waals surface area contributed by atoms with E-state index in [9.17, 15) is 0 Å². The molecule has 0 aliphatic carbocycles. The smallest absolute Gasteiger partial charge is 0.117 e. The molecule has 0 bridgehead atoms. The molecule has 2 N–H and O–H groups in total. The highest BCUT2D eigenvalue weighted by molar-refractivity contribution is 7.99. The predicted molar refractivity (Wildman–Crippen MR) is 53.5 cm³/mol. The highest BCUT2D eigenvalue weighted by atomic mass is 32.2. The van der Waals surface area contributed by atoms with E-state index >= 15 is 0 Å². The van der Waals surface area contributed by atoms with E-state index in [1.807, 2.05) is 18.7 Å². The van der Waals surface area contributed by atoms with Gasteiger partial charge in [-0.05, 0) is 19.9 Å². The third-order valence-electron chi connectivity index (χ3n) is 1.82. The SMILES string of the molecule is Cc1nonc1CSC(C)CCN. The molecule has 0 saturated carbocycles. The summed E-state index contributed by atoms with van der Waals surface area (Å²) in [6.07, 6.45) is 1.04. The lowest BCUT2D eigenvalue weighted by Gasteiger charge is -2.07. The molecule has 74 valence electrons. The van der Waals surface area contributed by atoms with Crippen molar-refractivity contribution in [2.24, 2.45) is 5.73 Å². The summed E-state index contributed by atoms with van der Waals surface area (Å²) in [6, 6.07) is 0. The van der Waals surface area contributed by atoms with Gasteiger partial charge in [-0.15, -0.1) is 0 Å². The molecule has 1 aromatic heterocycles. The Bertz CT molecular complexity index is 251. The van der Waals surface area contributed by atoms with E-state index in [1.165, 1.54) is 0 Å². The highest BCUT2D eigenvalue weighted by Crippen LogP contribution is 2.19. The molecule has 0 aliphatic rings. The first-order chi connectivity index (χ1) is 6.24. The lowest BCUT2D eigenvalue weighted by Crippen LogP contribution is -2.07. The van der Waals surface area contributed by atoms with Crippen molar-refractivity contribution >= 4 is 11.8 Å². The quantitative estimate of drug-likeness (QED) is 0.779. The summed E-state index contributed by atoms with van der Waals surface area (Å²) in [4.78, 5) is 0. The molecule has 0 saturated heterocycles. The van der Waals surface area contributed by atoms with Gasteiger partial charge < -0.3 is 5.73 Å². The average Bonchev–Trinajstić information content (AvgIpc) is 2.48. The predicted octanol–water partition coefficient (Wildman–Crippen LogP) is 1.35. The summed E-state index contributed by atoms with van der Waals surface area (Å²) in [6.45, 7) is 4.81. The molecule has 0 aromatic carbocycles. The maximum absolute atomic E-state index is 5.45. The average molecular weight is 201 g/mol. The zero-order chi connectivity index (χ0) is 9.68. The van der Waals surface area contributed by atoms with Gasteiger partial charge in [0.2, 0.25) is 0 Å². The molecule has 1 atom stereocenters. The van der Waals surface area contributed by atoms with E-state index in [-0.39, 0.29) is 0 Å². The van der Waals surface area contributed by atoms with Crippen molar-refractivity contribution in [3.05, 3.63) is 11.4 Å². The zero-order valence-corrected chi connectivity index (χ0v) is 8.80. The summed E-state index contributed by atoms with van der Waals surface area (Å²) in [5, 5.41) is 8.10. The molecule has 0 fully saturated rings. The van der Waals surface area contributed by atoms with Crippen LogP contribution in [0.4, 0.5) is 0 Å². The van der Waals surface area contributed by atoms with Crippen molar-refractivity contribution in [3.8, 4) is 0 Å². The van der Waals surface area contributed by atoms with Gasteiger partial charge in [0.25, 0.3) is 0 Å². The molecule has 1 heterocycles. The van der Waals surface area contributed by atoms with Crippen LogP contribution in [0.1, 0.15) is 24.7 Å². The first-order valence-corrected chi connectivity index (χ1v) is 5.38. The number of thioether (sulfide) groups is 1. The second kappa shape index (κ2) is 5.24. The van der Waals surface area contributed by atoms with E-state index in [4.69, 9.17) is 5.73 Å². The van der Waals surface area contributed by atoms with E-state index < -0.39 is 0 Å². The Balaban J connectivity index is 2.30. The second-order valence-corrected chi connectivity index (χ2v) is 4.42. The number of aryl methyl sites for hydroxylation is 1. The maximum atomic E-state index is 5.45. The number of rotatable bonds is 5. The third kappa shape index (κ3) is 3.36. The van der Waals surface area contributed by atoms with Crippen molar-refractivity contribution in [2.75, 3.05) is 6.54 Å². The lowest BCUT2D eigenvalue weighted by atomic mass is 10.3. The van der Waals surface area contributed by atoms with Gasteiger partial charge in [-0.3, -0.25) is 0 Å². The maximum Gasteiger partial charge on any atom is 0.117 e. The van der Waals surface area contributed by atoms with Crippen molar-refractivity contribution < 1.29 is 4.63 Å². The fraction of sp³-hybridized carbons (Fsp3) is 0.750. The van der Waals surface area contributed by atoms with Crippen LogP contribution >= 0.6 is 11.8 Å². The molecule has 1 unspecified atom stereocenters. The molecule has 1 aromatic rings. The van der Waals surface area contributed by atoms with E-state index in [0.717, 1.165) is 30.1 Å². The molecule has 13 heavy (non-hydrogen) atoms. The number of hydrogen-bond donors (Lipinski definition) is 1. The van der Waals surface area contributed by atoms with E-state index in [0.29, 0.717) is 5.25 Å². The molecule has 4 nitrogen and oxygen atoms in total. The molecule has 0 aliphatic heterocycles. The lowest BCUT2D eigenvalue weighted by molar-refractivity contribution is 0.302. The minimum atomic E-state index is 0.570. The molecule has 0 radical (unpaired) electrons. The highest BCUT2D eigenvalue weighted by Gasteiger charge is 2.07. The van der Waals surface area contributed by atoms with Crippen LogP contribution in [-0.2, 0) is 5.75 Å². The largest absolute Gasteiger partial charge is 0.330 e. The number of aromatic nitrogens is 2. The number of hydrogen-bond acceptors (Lipinski definition) is 5. The standard InChI is InChI=1S/C8H15N3OS/c1-6(3-4-9)13-5-8-7(2)10-12-11-8/h6H,3-5,9H2,1-2H3. The van der Waals surface area contributed by atoms with Gasteiger partial charge in [-0.25, -0.2) is 4.63 Å². The minimum Gasteiger partial charge on any atom is -0.330 e. The Morgan fingerprint density at radius 1 is 1.54 bits per heavy atom. The van der Waals surface area contributed by atoms with Crippen molar-refractivity contribution in [3.63, 3.8) is 0 Å². The summed E-state index contributed by atoms with van der Waals surface area (Å²) in [5.41, 5.74) is 7.27.